The summed E-state index contributed by atoms with van der Waals surface area (Å²) in [6.07, 6.45) is 6.56. The second-order valence-electron chi connectivity index (χ2n) is 9.61. The smallest absolute Gasteiger partial charge is 0.397 e. The lowest BCUT2D eigenvalue weighted by Crippen LogP contribution is -2.41. The standard InChI is InChI=1S/C24H36N2O5S/c1-6-8-9-12-16-19-17(15-11-10-13-26(16)14-15)18(22(28)30-7-2)21(32-19)25-20(27)23(29)31-24(3,4)5/h15-16H,6-14H2,1-5H3,(H,25,27). The van der Waals surface area contributed by atoms with E-state index in [0.29, 0.717) is 10.6 Å². The highest BCUT2D eigenvalue weighted by molar-refractivity contribution is 7.17. The molecule has 1 amide bonds. The Hall–Kier alpha value is -1.93. The number of piperidine rings is 1. The molecule has 3 rings (SSSR count). The number of unbranched alkanes of at least 4 members (excludes halogenated alkanes) is 2. The second kappa shape index (κ2) is 10.3. The Balaban J connectivity index is 1.99. The Morgan fingerprint density at radius 3 is 2.59 bits per heavy atom. The summed E-state index contributed by atoms with van der Waals surface area (Å²) in [6.45, 7) is 11.3. The topological polar surface area (TPSA) is 84.9 Å². The summed E-state index contributed by atoms with van der Waals surface area (Å²) in [6, 6.07) is 0.235. The Labute approximate surface area is 194 Å². The van der Waals surface area contributed by atoms with Crippen LogP contribution in [0.2, 0.25) is 0 Å². The predicted molar refractivity (Wildman–Crippen MR) is 125 cm³/mol. The summed E-state index contributed by atoms with van der Waals surface area (Å²) in [7, 11) is 0. The number of ether oxygens (including phenoxy) is 2. The van der Waals surface area contributed by atoms with E-state index in [1.54, 1.807) is 27.7 Å². The van der Waals surface area contributed by atoms with Crippen LogP contribution in [-0.2, 0) is 19.1 Å². The fourth-order valence-electron chi connectivity index (χ4n) is 4.68. The molecule has 178 valence electrons. The van der Waals surface area contributed by atoms with E-state index in [1.165, 1.54) is 17.8 Å². The molecule has 0 aromatic carbocycles. The van der Waals surface area contributed by atoms with Crippen molar-refractivity contribution in [3.63, 3.8) is 0 Å². The highest BCUT2D eigenvalue weighted by atomic mass is 32.1. The van der Waals surface area contributed by atoms with Crippen LogP contribution in [0.25, 0.3) is 0 Å². The lowest BCUT2D eigenvalue weighted by Gasteiger charge is -2.43. The number of hydrogen-bond acceptors (Lipinski definition) is 7. The number of carbonyl (C=O) groups is 3. The molecule has 2 bridgehead atoms. The van der Waals surface area contributed by atoms with Crippen LogP contribution in [0, 0.1) is 0 Å². The maximum absolute atomic E-state index is 13.0. The van der Waals surface area contributed by atoms with Gasteiger partial charge in [0.25, 0.3) is 0 Å². The molecule has 1 fully saturated rings. The van der Waals surface area contributed by atoms with E-state index in [9.17, 15) is 14.4 Å². The Kier molecular flexibility index (Phi) is 7.98. The van der Waals surface area contributed by atoms with Crippen LogP contribution in [0.4, 0.5) is 5.00 Å². The molecular formula is C24H36N2O5S. The van der Waals surface area contributed by atoms with Crippen molar-refractivity contribution in [1.82, 2.24) is 4.90 Å². The van der Waals surface area contributed by atoms with E-state index < -0.39 is 23.4 Å². The zero-order valence-corrected chi connectivity index (χ0v) is 20.7. The number of rotatable bonds is 7. The maximum Gasteiger partial charge on any atom is 0.397 e. The summed E-state index contributed by atoms with van der Waals surface area (Å²) in [5.74, 6) is -2.02. The van der Waals surface area contributed by atoms with Crippen LogP contribution in [0.1, 0.15) is 106 Å². The van der Waals surface area contributed by atoms with Gasteiger partial charge in [-0.1, -0.05) is 26.2 Å². The number of amides is 1. The van der Waals surface area contributed by atoms with Crippen molar-refractivity contribution < 1.29 is 23.9 Å². The second-order valence-corrected chi connectivity index (χ2v) is 10.7. The highest BCUT2D eigenvalue weighted by Crippen LogP contribution is 2.51. The van der Waals surface area contributed by atoms with Gasteiger partial charge in [0.1, 0.15) is 10.6 Å². The third-order valence-corrected chi connectivity index (χ3v) is 7.17. The summed E-state index contributed by atoms with van der Waals surface area (Å²) >= 11 is 1.42. The molecule has 0 saturated carbocycles. The number of anilines is 1. The molecule has 32 heavy (non-hydrogen) atoms. The first-order valence-electron chi connectivity index (χ1n) is 11.8. The van der Waals surface area contributed by atoms with E-state index in [4.69, 9.17) is 9.47 Å². The lowest BCUT2D eigenvalue weighted by molar-refractivity contribution is -0.161. The van der Waals surface area contributed by atoms with Crippen molar-refractivity contribution in [3.05, 3.63) is 16.0 Å². The first kappa shape index (κ1) is 24.7. The minimum absolute atomic E-state index is 0.235. The van der Waals surface area contributed by atoms with Crippen molar-refractivity contribution in [2.45, 2.75) is 90.7 Å². The largest absolute Gasteiger partial charge is 0.462 e. The van der Waals surface area contributed by atoms with Gasteiger partial charge in [0.2, 0.25) is 0 Å². The molecule has 0 aliphatic carbocycles. The van der Waals surface area contributed by atoms with Crippen LogP contribution >= 0.6 is 11.3 Å². The van der Waals surface area contributed by atoms with Gasteiger partial charge in [-0.15, -0.1) is 11.3 Å². The van der Waals surface area contributed by atoms with Crippen molar-refractivity contribution in [3.8, 4) is 0 Å². The van der Waals surface area contributed by atoms with E-state index in [0.717, 1.165) is 55.6 Å². The summed E-state index contributed by atoms with van der Waals surface area (Å²) in [5.41, 5.74) is 0.670. The van der Waals surface area contributed by atoms with Gasteiger partial charge in [-0.3, -0.25) is 9.69 Å². The third kappa shape index (κ3) is 5.52. The average molecular weight is 465 g/mol. The number of nitrogens with one attached hydrogen (secondary N) is 1. The van der Waals surface area contributed by atoms with E-state index in [1.807, 2.05) is 0 Å². The SMILES string of the molecule is CCCCCC1c2sc(NC(=O)C(=O)OC(C)(C)C)c(C(=O)OCC)c2C2CCCN1C2. The molecule has 2 aliphatic heterocycles. The summed E-state index contributed by atoms with van der Waals surface area (Å²) in [5, 5.41) is 3.08. The van der Waals surface area contributed by atoms with E-state index >= 15 is 0 Å². The van der Waals surface area contributed by atoms with Crippen LogP contribution in [0.5, 0.6) is 0 Å². The van der Waals surface area contributed by atoms with Crippen molar-refractivity contribution in [2.75, 3.05) is 25.0 Å². The van der Waals surface area contributed by atoms with Gasteiger partial charge in [0.15, 0.2) is 0 Å². The quantitative estimate of drug-likeness (QED) is 0.346. The normalized spacial score (nSPS) is 22.1. The molecule has 2 aliphatic rings. The predicted octanol–water partition coefficient (Wildman–Crippen LogP) is 5.02. The van der Waals surface area contributed by atoms with Crippen LogP contribution < -0.4 is 5.32 Å². The van der Waals surface area contributed by atoms with Crippen LogP contribution in [-0.4, -0.2) is 48.0 Å². The molecule has 1 N–H and O–H groups in total. The average Bonchev–Trinajstić information content (AvgIpc) is 3.09. The monoisotopic (exact) mass is 464 g/mol. The van der Waals surface area contributed by atoms with Crippen molar-refractivity contribution >= 4 is 34.2 Å². The molecule has 1 aromatic rings. The number of nitrogens with zero attached hydrogens (tertiary/aromatic N) is 1. The van der Waals surface area contributed by atoms with E-state index in [2.05, 4.69) is 17.1 Å². The van der Waals surface area contributed by atoms with Crippen molar-refractivity contribution in [2.24, 2.45) is 0 Å². The molecule has 1 saturated heterocycles. The Morgan fingerprint density at radius 2 is 1.94 bits per heavy atom. The molecule has 1 aromatic heterocycles. The first-order valence-corrected chi connectivity index (χ1v) is 12.6. The molecule has 3 heterocycles. The van der Waals surface area contributed by atoms with Crippen LogP contribution in [0.3, 0.4) is 0 Å². The number of carbonyl (C=O) groups excluding carboxylic acids is 3. The fraction of sp³-hybridized carbons (Fsp3) is 0.708. The molecular weight excluding hydrogens is 428 g/mol. The highest BCUT2D eigenvalue weighted by Gasteiger charge is 2.42. The molecule has 3 unspecified atom stereocenters. The van der Waals surface area contributed by atoms with Crippen LogP contribution in [0.15, 0.2) is 0 Å². The number of thiophene rings is 1. The van der Waals surface area contributed by atoms with Crippen molar-refractivity contribution in [1.29, 1.82) is 0 Å². The lowest BCUT2D eigenvalue weighted by atomic mass is 9.81. The number of fused-ring (bicyclic) bond motifs is 4. The summed E-state index contributed by atoms with van der Waals surface area (Å²) < 4.78 is 10.6. The number of hydrogen-bond donors (Lipinski definition) is 1. The van der Waals surface area contributed by atoms with Gasteiger partial charge in [-0.25, -0.2) is 9.59 Å². The van der Waals surface area contributed by atoms with E-state index in [-0.39, 0.29) is 18.6 Å². The third-order valence-electron chi connectivity index (χ3n) is 5.95. The van der Waals surface area contributed by atoms with Gasteiger partial charge < -0.3 is 14.8 Å². The van der Waals surface area contributed by atoms with Gasteiger partial charge in [-0.2, -0.15) is 0 Å². The molecule has 8 heteroatoms. The van der Waals surface area contributed by atoms with Gasteiger partial charge in [-0.05, 0) is 65.0 Å². The zero-order chi connectivity index (χ0) is 23.5. The Bertz CT molecular complexity index is 857. The zero-order valence-electron chi connectivity index (χ0n) is 19.9. The molecule has 7 nitrogen and oxygen atoms in total. The molecule has 0 radical (unpaired) electrons. The first-order chi connectivity index (χ1) is 15.2. The minimum Gasteiger partial charge on any atom is -0.462 e. The minimum atomic E-state index is -0.958. The molecule has 3 atom stereocenters. The molecule has 0 spiro atoms. The summed E-state index contributed by atoms with van der Waals surface area (Å²) in [4.78, 5) is 41.6. The number of esters is 2. The van der Waals surface area contributed by atoms with Gasteiger partial charge >= 0.3 is 17.8 Å². The fourth-order valence-corrected chi connectivity index (χ4v) is 6.12. The Morgan fingerprint density at radius 1 is 1.19 bits per heavy atom. The van der Waals surface area contributed by atoms with Gasteiger partial charge in [0.05, 0.1) is 12.2 Å². The maximum atomic E-state index is 13.0. The van der Waals surface area contributed by atoms with Gasteiger partial charge in [0, 0.05) is 17.5 Å².